The van der Waals surface area contributed by atoms with Gasteiger partial charge in [-0.3, -0.25) is 9.59 Å². The van der Waals surface area contributed by atoms with E-state index in [9.17, 15) is 9.59 Å². The van der Waals surface area contributed by atoms with Gasteiger partial charge in [-0.05, 0) is 12.1 Å². The maximum absolute atomic E-state index is 12.4. The Bertz CT molecular complexity index is 480. The second-order valence-corrected chi connectivity index (χ2v) is 4.21. The lowest BCUT2D eigenvalue weighted by Crippen LogP contribution is -2.38. The summed E-state index contributed by atoms with van der Waals surface area (Å²) in [6.07, 6.45) is 0. The standard InChI is InChI=1S/C14H19NO6/c1-19-5-4-15(9-13(16)17)14(18)10-6-11(20-2)8-12(7-10)21-3/h6-8H,4-5,9H2,1-3H3,(H,16,17). The van der Waals surface area contributed by atoms with Crippen LogP contribution in [0.15, 0.2) is 18.2 Å². The van der Waals surface area contributed by atoms with Crippen molar-refractivity contribution in [3.63, 3.8) is 0 Å². The second-order valence-electron chi connectivity index (χ2n) is 4.21. The summed E-state index contributed by atoms with van der Waals surface area (Å²) in [5, 5.41) is 8.90. The summed E-state index contributed by atoms with van der Waals surface area (Å²) in [6, 6.07) is 4.70. The number of carboxylic acid groups (broad SMARTS) is 1. The number of carbonyl (C=O) groups excluding carboxylic acids is 1. The predicted molar refractivity (Wildman–Crippen MR) is 75.0 cm³/mol. The van der Waals surface area contributed by atoms with E-state index in [1.807, 2.05) is 0 Å². The molecule has 0 heterocycles. The minimum Gasteiger partial charge on any atom is -0.497 e. The number of hydrogen-bond donors (Lipinski definition) is 1. The first-order chi connectivity index (χ1) is 10.0. The lowest BCUT2D eigenvalue weighted by molar-refractivity contribution is -0.137. The Hall–Kier alpha value is -2.28. The molecule has 7 heteroatoms. The van der Waals surface area contributed by atoms with Crippen molar-refractivity contribution in [1.82, 2.24) is 4.90 Å². The average Bonchev–Trinajstić information content (AvgIpc) is 2.49. The van der Waals surface area contributed by atoms with Crippen molar-refractivity contribution >= 4 is 11.9 Å². The number of carbonyl (C=O) groups is 2. The summed E-state index contributed by atoms with van der Waals surface area (Å²) in [4.78, 5) is 24.5. The highest BCUT2D eigenvalue weighted by Crippen LogP contribution is 2.23. The highest BCUT2D eigenvalue weighted by molar-refractivity contribution is 5.96. The van der Waals surface area contributed by atoms with Crippen molar-refractivity contribution in [3.8, 4) is 11.5 Å². The van der Waals surface area contributed by atoms with Crippen LogP contribution in [0.25, 0.3) is 0 Å². The number of rotatable bonds is 8. The first-order valence-corrected chi connectivity index (χ1v) is 6.25. The molecule has 0 bridgehead atoms. The van der Waals surface area contributed by atoms with Crippen LogP contribution in [0, 0.1) is 0 Å². The quantitative estimate of drug-likeness (QED) is 0.766. The Morgan fingerprint density at radius 2 is 1.67 bits per heavy atom. The van der Waals surface area contributed by atoms with Crippen LogP contribution in [0.2, 0.25) is 0 Å². The summed E-state index contributed by atoms with van der Waals surface area (Å²) >= 11 is 0. The van der Waals surface area contributed by atoms with E-state index in [4.69, 9.17) is 19.3 Å². The molecule has 1 rings (SSSR count). The van der Waals surface area contributed by atoms with Gasteiger partial charge >= 0.3 is 5.97 Å². The summed E-state index contributed by atoms with van der Waals surface area (Å²) in [6.45, 7) is 0.0308. The van der Waals surface area contributed by atoms with E-state index in [1.54, 1.807) is 6.07 Å². The Morgan fingerprint density at radius 3 is 2.10 bits per heavy atom. The van der Waals surface area contributed by atoms with E-state index in [2.05, 4.69) is 0 Å². The molecule has 1 aromatic carbocycles. The van der Waals surface area contributed by atoms with E-state index < -0.39 is 18.4 Å². The molecular formula is C14H19NO6. The highest BCUT2D eigenvalue weighted by Gasteiger charge is 2.19. The normalized spacial score (nSPS) is 10.0. The van der Waals surface area contributed by atoms with Crippen LogP contribution < -0.4 is 9.47 Å². The molecule has 0 saturated heterocycles. The summed E-state index contributed by atoms with van der Waals surface area (Å²) < 4.78 is 15.1. The van der Waals surface area contributed by atoms with Gasteiger partial charge in [-0.1, -0.05) is 0 Å². The third-order valence-electron chi connectivity index (χ3n) is 2.78. The number of benzene rings is 1. The molecule has 116 valence electrons. The fourth-order valence-corrected chi connectivity index (χ4v) is 1.73. The number of carboxylic acids is 1. The molecule has 0 radical (unpaired) electrons. The summed E-state index contributed by atoms with van der Waals surface area (Å²) in [5.41, 5.74) is 0.295. The molecule has 0 aliphatic heterocycles. The van der Waals surface area contributed by atoms with E-state index in [0.29, 0.717) is 17.1 Å². The molecule has 7 nitrogen and oxygen atoms in total. The first kappa shape index (κ1) is 16.8. The lowest BCUT2D eigenvalue weighted by atomic mass is 10.1. The molecule has 0 unspecified atom stereocenters. The molecule has 0 saturated carbocycles. The van der Waals surface area contributed by atoms with Gasteiger partial charge in [0.15, 0.2) is 0 Å². The maximum atomic E-state index is 12.4. The largest absolute Gasteiger partial charge is 0.497 e. The Morgan fingerprint density at radius 1 is 1.10 bits per heavy atom. The van der Waals surface area contributed by atoms with E-state index in [0.717, 1.165) is 0 Å². The number of nitrogens with zero attached hydrogens (tertiary/aromatic N) is 1. The fraction of sp³-hybridized carbons (Fsp3) is 0.429. The molecule has 1 amide bonds. The predicted octanol–water partition coefficient (Wildman–Crippen LogP) is 0.877. The molecule has 0 aliphatic carbocycles. The van der Waals surface area contributed by atoms with E-state index >= 15 is 0 Å². The van der Waals surface area contributed by atoms with Crippen molar-refractivity contribution in [2.24, 2.45) is 0 Å². The van der Waals surface area contributed by atoms with Crippen LogP contribution in [0.5, 0.6) is 11.5 Å². The highest BCUT2D eigenvalue weighted by atomic mass is 16.5. The van der Waals surface area contributed by atoms with Crippen LogP contribution >= 0.6 is 0 Å². The Kier molecular flexibility index (Phi) is 6.48. The lowest BCUT2D eigenvalue weighted by Gasteiger charge is -2.21. The molecule has 0 aromatic heterocycles. The van der Waals surface area contributed by atoms with Gasteiger partial charge in [-0.25, -0.2) is 0 Å². The van der Waals surface area contributed by atoms with Crippen LogP contribution in [0.3, 0.4) is 0 Å². The van der Waals surface area contributed by atoms with Crippen molar-refractivity contribution in [3.05, 3.63) is 23.8 Å². The topological polar surface area (TPSA) is 85.3 Å². The van der Waals surface area contributed by atoms with E-state index in [-0.39, 0.29) is 13.2 Å². The molecule has 21 heavy (non-hydrogen) atoms. The van der Waals surface area contributed by atoms with Gasteiger partial charge in [0, 0.05) is 25.3 Å². The Balaban J connectivity index is 3.03. The monoisotopic (exact) mass is 297 g/mol. The van der Waals surface area contributed by atoms with Crippen LogP contribution in [-0.2, 0) is 9.53 Å². The number of aliphatic carboxylic acids is 1. The van der Waals surface area contributed by atoms with Gasteiger partial charge in [0.25, 0.3) is 5.91 Å². The van der Waals surface area contributed by atoms with Crippen molar-refractivity contribution in [1.29, 1.82) is 0 Å². The van der Waals surface area contributed by atoms with Gasteiger partial charge in [0.05, 0.1) is 20.8 Å². The smallest absolute Gasteiger partial charge is 0.323 e. The average molecular weight is 297 g/mol. The van der Waals surface area contributed by atoms with Gasteiger partial charge in [-0.15, -0.1) is 0 Å². The molecular weight excluding hydrogens is 278 g/mol. The van der Waals surface area contributed by atoms with Crippen LogP contribution in [-0.4, -0.2) is 62.9 Å². The van der Waals surface area contributed by atoms with Crippen molar-refractivity contribution in [2.75, 3.05) is 41.0 Å². The zero-order valence-corrected chi connectivity index (χ0v) is 12.3. The van der Waals surface area contributed by atoms with Gasteiger partial charge < -0.3 is 24.2 Å². The third-order valence-corrected chi connectivity index (χ3v) is 2.78. The Labute approximate surface area is 123 Å². The third kappa shape index (κ3) is 4.96. The van der Waals surface area contributed by atoms with Crippen LogP contribution in [0.4, 0.5) is 0 Å². The zero-order chi connectivity index (χ0) is 15.8. The van der Waals surface area contributed by atoms with Crippen molar-refractivity contribution in [2.45, 2.75) is 0 Å². The number of methoxy groups -OCH3 is 3. The summed E-state index contributed by atoms with van der Waals surface area (Å²) in [5.74, 6) is -0.597. The molecule has 1 aromatic rings. The summed E-state index contributed by atoms with van der Waals surface area (Å²) in [7, 11) is 4.43. The van der Waals surface area contributed by atoms with Gasteiger partial charge in [0.2, 0.25) is 0 Å². The molecule has 0 aliphatic rings. The molecule has 0 fully saturated rings. The van der Waals surface area contributed by atoms with Gasteiger partial charge in [-0.2, -0.15) is 0 Å². The van der Waals surface area contributed by atoms with E-state index in [1.165, 1.54) is 38.4 Å². The van der Waals surface area contributed by atoms with Crippen molar-refractivity contribution < 1.29 is 28.9 Å². The van der Waals surface area contributed by atoms with Gasteiger partial charge in [0.1, 0.15) is 18.0 Å². The first-order valence-electron chi connectivity index (χ1n) is 6.25. The zero-order valence-electron chi connectivity index (χ0n) is 12.3. The number of amides is 1. The fourth-order valence-electron chi connectivity index (χ4n) is 1.73. The van der Waals surface area contributed by atoms with Crippen LogP contribution in [0.1, 0.15) is 10.4 Å². The SMILES string of the molecule is COCCN(CC(=O)O)C(=O)c1cc(OC)cc(OC)c1. The minimum absolute atomic E-state index is 0.182. The molecule has 1 N–H and O–H groups in total. The number of ether oxygens (including phenoxy) is 3. The molecule has 0 spiro atoms. The molecule has 0 atom stereocenters. The second kappa shape index (κ2) is 8.11. The number of hydrogen-bond acceptors (Lipinski definition) is 5. The minimum atomic E-state index is -1.09. The maximum Gasteiger partial charge on any atom is 0.323 e.